The van der Waals surface area contributed by atoms with Gasteiger partial charge in [0.2, 0.25) is 5.91 Å². The van der Waals surface area contributed by atoms with Crippen LogP contribution in [0.4, 0.5) is 13.6 Å². The fourth-order valence-corrected chi connectivity index (χ4v) is 5.03. The molecule has 3 aliphatic heterocycles. The number of amides is 2. The molecule has 3 heterocycles. The van der Waals surface area contributed by atoms with Crippen LogP contribution in [0.15, 0.2) is 18.2 Å². The monoisotopic (exact) mass is 463 g/mol. The summed E-state index contributed by atoms with van der Waals surface area (Å²) in [4.78, 5) is 40.6. The van der Waals surface area contributed by atoms with Crippen LogP contribution in [0.3, 0.4) is 0 Å². The lowest BCUT2D eigenvalue weighted by atomic mass is 9.98. The van der Waals surface area contributed by atoms with E-state index in [1.54, 1.807) is 4.90 Å². The van der Waals surface area contributed by atoms with Gasteiger partial charge in [-0.15, -0.1) is 0 Å². The van der Waals surface area contributed by atoms with Crippen LogP contribution in [0.2, 0.25) is 0 Å². The smallest absolute Gasteiger partial charge is 0.410 e. The molecular formula is C24H31F2N3O4. The SMILES string of the molecule is CC(=O)[C@@H]1C[C@@H]2CN1C(=O)CNCC(F)(F)CCCCCc1cccc3c1CN(C3)C(=O)O2. The Kier molecular flexibility index (Phi) is 6.97. The van der Waals surface area contributed by atoms with E-state index in [-0.39, 0.29) is 31.7 Å². The summed E-state index contributed by atoms with van der Waals surface area (Å²) < 4.78 is 34.2. The zero-order valence-corrected chi connectivity index (χ0v) is 18.9. The fraction of sp³-hybridized carbons (Fsp3) is 0.625. The van der Waals surface area contributed by atoms with Crippen LogP contribution in [0.25, 0.3) is 0 Å². The van der Waals surface area contributed by atoms with Crippen molar-refractivity contribution in [1.29, 1.82) is 0 Å². The lowest BCUT2D eigenvalue weighted by molar-refractivity contribution is -0.136. The summed E-state index contributed by atoms with van der Waals surface area (Å²) in [7, 11) is 0. The number of Topliss-reactive ketones (excluding diaryl/α,β-unsaturated/α-hetero) is 1. The van der Waals surface area contributed by atoms with Gasteiger partial charge in [-0.1, -0.05) is 24.6 Å². The third-order valence-electron chi connectivity index (χ3n) is 6.81. The zero-order chi connectivity index (χ0) is 23.6. The summed E-state index contributed by atoms with van der Waals surface area (Å²) in [5.74, 6) is -3.56. The van der Waals surface area contributed by atoms with Gasteiger partial charge in [-0.05, 0) is 42.9 Å². The molecule has 2 atom stereocenters. The van der Waals surface area contributed by atoms with Crippen molar-refractivity contribution in [2.24, 2.45) is 0 Å². The summed E-state index contributed by atoms with van der Waals surface area (Å²) in [5, 5.41) is 2.55. The van der Waals surface area contributed by atoms with Crippen LogP contribution >= 0.6 is 0 Å². The first-order chi connectivity index (χ1) is 15.7. The van der Waals surface area contributed by atoms with Gasteiger partial charge < -0.3 is 15.0 Å². The molecule has 4 bridgehead atoms. The van der Waals surface area contributed by atoms with E-state index in [2.05, 4.69) is 5.32 Å². The molecule has 0 saturated carbocycles. The van der Waals surface area contributed by atoms with Crippen LogP contribution in [0, 0.1) is 0 Å². The highest BCUT2D eigenvalue weighted by Crippen LogP contribution is 2.30. The van der Waals surface area contributed by atoms with E-state index in [9.17, 15) is 23.2 Å². The van der Waals surface area contributed by atoms with Crippen LogP contribution in [-0.2, 0) is 33.8 Å². The number of carbonyl (C=O) groups is 3. The third kappa shape index (κ3) is 5.51. The zero-order valence-electron chi connectivity index (χ0n) is 18.9. The average molecular weight is 464 g/mol. The lowest BCUT2D eigenvalue weighted by Gasteiger charge is -2.23. The fourth-order valence-electron chi connectivity index (χ4n) is 5.03. The number of hydrogen-bond donors (Lipinski definition) is 1. The predicted molar refractivity (Wildman–Crippen MR) is 117 cm³/mol. The van der Waals surface area contributed by atoms with Crippen molar-refractivity contribution < 1.29 is 27.9 Å². The summed E-state index contributed by atoms with van der Waals surface area (Å²) in [5.41, 5.74) is 3.32. The number of rotatable bonds is 1. The van der Waals surface area contributed by atoms with Crippen molar-refractivity contribution in [1.82, 2.24) is 15.1 Å². The first-order valence-electron chi connectivity index (χ1n) is 11.7. The molecule has 33 heavy (non-hydrogen) atoms. The number of hydrogen-bond acceptors (Lipinski definition) is 5. The normalized spacial score (nSPS) is 26.4. The van der Waals surface area contributed by atoms with Crippen molar-refractivity contribution >= 4 is 17.8 Å². The minimum atomic E-state index is -2.90. The molecule has 0 aromatic heterocycles. The Hall–Kier alpha value is -2.55. The van der Waals surface area contributed by atoms with Gasteiger partial charge in [0.1, 0.15) is 6.10 Å². The molecule has 9 heteroatoms. The number of fused-ring (bicyclic) bond motifs is 3. The molecule has 2 amide bonds. The van der Waals surface area contributed by atoms with E-state index in [4.69, 9.17) is 4.74 Å². The highest BCUT2D eigenvalue weighted by molar-refractivity contribution is 5.89. The molecule has 7 nitrogen and oxygen atoms in total. The van der Waals surface area contributed by atoms with E-state index in [1.165, 1.54) is 11.8 Å². The standard InChI is InChI=1S/C24H31F2N3O4/c1-16(30)21-10-19-13-29(21)22(31)11-27-15-24(25,26)9-4-2-3-6-17-7-5-8-18-12-28(14-20(17)18)23(32)33-19/h5,7-8,19,21,27H,2-4,6,9-15H2,1H3/t19-,21+/m1/s1. The summed E-state index contributed by atoms with van der Waals surface area (Å²) >= 11 is 0. The van der Waals surface area contributed by atoms with Crippen LogP contribution in [0.1, 0.15) is 55.7 Å². The Morgan fingerprint density at radius 3 is 2.73 bits per heavy atom. The molecule has 1 aromatic carbocycles. The molecule has 180 valence electrons. The minimum absolute atomic E-state index is 0.0823. The van der Waals surface area contributed by atoms with E-state index in [0.717, 1.165) is 29.5 Å². The number of carbonyl (C=O) groups excluding carboxylic acids is 3. The molecule has 0 radical (unpaired) electrons. The maximum Gasteiger partial charge on any atom is 0.410 e. The molecule has 0 spiro atoms. The van der Waals surface area contributed by atoms with Crippen LogP contribution < -0.4 is 5.32 Å². The molecule has 0 aliphatic carbocycles. The first-order valence-corrected chi connectivity index (χ1v) is 11.7. The Morgan fingerprint density at radius 2 is 1.94 bits per heavy atom. The second-order valence-corrected chi connectivity index (χ2v) is 9.35. The van der Waals surface area contributed by atoms with Gasteiger partial charge in [-0.2, -0.15) is 0 Å². The molecule has 3 aliphatic rings. The van der Waals surface area contributed by atoms with Gasteiger partial charge in [0.25, 0.3) is 5.92 Å². The van der Waals surface area contributed by atoms with E-state index in [0.29, 0.717) is 25.9 Å². The van der Waals surface area contributed by atoms with E-state index >= 15 is 0 Å². The Balaban J connectivity index is 1.52. The van der Waals surface area contributed by atoms with Gasteiger partial charge >= 0.3 is 6.09 Å². The van der Waals surface area contributed by atoms with Crippen LogP contribution in [-0.4, -0.2) is 65.3 Å². The van der Waals surface area contributed by atoms with Crippen molar-refractivity contribution in [2.45, 2.75) is 76.6 Å². The molecule has 4 rings (SSSR count). The van der Waals surface area contributed by atoms with Crippen molar-refractivity contribution in [3.63, 3.8) is 0 Å². The van der Waals surface area contributed by atoms with Gasteiger partial charge in [0.05, 0.1) is 25.7 Å². The maximum atomic E-state index is 14.2. The Morgan fingerprint density at radius 1 is 1.15 bits per heavy atom. The largest absolute Gasteiger partial charge is 0.444 e. The first kappa shape index (κ1) is 23.6. The van der Waals surface area contributed by atoms with Gasteiger partial charge in [0, 0.05) is 25.9 Å². The third-order valence-corrected chi connectivity index (χ3v) is 6.81. The highest BCUT2D eigenvalue weighted by atomic mass is 19.3. The number of alkyl halides is 2. The Labute approximate surface area is 192 Å². The van der Waals surface area contributed by atoms with Crippen molar-refractivity contribution in [2.75, 3.05) is 19.6 Å². The summed E-state index contributed by atoms with van der Waals surface area (Å²) in [6.45, 7) is 1.48. The van der Waals surface area contributed by atoms with Crippen LogP contribution in [0.5, 0.6) is 0 Å². The van der Waals surface area contributed by atoms with Crippen molar-refractivity contribution in [3.05, 3.63) is 34.9 Å². The van der Waals surface area contributed by atoms with Crippen molar-refractivity contribution in [3.8, 4) is 0 Å². The molecule has 0 unspecified atom stereocenters. The van der Waals surface area contributed by atoms with Gasteiger partial charge in [-0.3, -0.25) is 14.5 Å². The molecule has 1 N–H and O–H groups in total. The second-order valence-electron chi connectivity index (χ2n) is 9.35. The molecule has 1 fully saturated rings. The average Bonchev–Trinajstić information content (AvgIpc) is 3.37. The van der Waals surface area contributed by atoms with Gasteiger partial charge in [-0.25, -0.2) is 13.6 Å². The highest BCUT2D eigenvalue weighted by Gasteiger charge is 2.41. The number of nitrogens with one attached hydrogen (secondary N) is 1. The summed E-state index contributed by atoms with van der Waals surface area (Å²) in [6.07, 6.45) is 1.56. The summed E-state index contributed by atoms with van der Waals surface area (Å²) in [6, 6.07) is 5.28. The number of halogens is 2. The topological polar surface area (TPSA) is 79.0 Å². The molecule has 1 aromatic rings. The predicted octanol–water partition coefficient (Wildman–Crippen LogP) is 3.04. The molecule has 1 saturated heterocycles. The second kappa shape index (κ2) is 9.75. The van der Waals surface area contributed by atoms with Gasteiger partial charge in [0.15, 0.2) is 5.78 Å². The van der Waals surface area contributed by atoms with E-state index in [1.807, 2.05) is 18.2 Å². The number of ketones is 1. The quantitative estimate of drug-likeness (QED) is 0.693. The minimum Gasteiger partial charge on any atom is -0.444 e. The molecular weight excluding hydrogens is 432 g/mol. The van der Waals surface area contributed by atoms with E-state index < -0.39 is 36.6 Å². The Bertz CT molecular complexity index is 923. The number of aryl methyl sites for hydroxylation is 1. The number of nitrogens with zero attached hydrogens (tertiary/aromatic N) is 2. The number of benzene rings is 1. The number of ether oxygens (including phenoxy) is 1. The lowest BCUT2D eigenvalue weighted by Crippen LogP contribution is -2.46. The maximum absolute atomic E-state index is 14.2.